The molecule has 1 aromatic carbocycles. The van der Waals surface area contributed by atoms with Crippen molar-refractivity contribution in [1.82, 2.24) is 4.90 Å². The Labute approximate surface area is 153 Å². The van der Waals surface area contributed by atoms with Crippen molar-refractivity contribution in [2.45, 2.75) is 40.5 Å². The van der Waals surface area contributed by atoms with Crippen molar-refractivity contribution in [2.75, 3.05) is 7.05 Å². The van der Waals surface area contributed by atoms with Crippen LogP contribution in [-0.4, -0.2) is 18.2 Å². The molecule has 1 aliphatic heterocycles. The molecule has 1 aromatic rings. The average molecular weight is 335 g/mol. The predicted octanol–water partition coefficient (Wildman–Crippen LogP) is 5.97. The molecule has 0 atom stereocenters. The summed E-state index contributed by atoms with van der Waals surface area (Å²) in [5.74, 6) is 0.693. The first-order chi connectivity index (χ1) is 11.9. The van der Waals surface area contributed by atoms with Gasteiger partial charge in [0.25, 0.3) is 0 Å². The van der Waals surface area contributed by atoms with Crippen LogP contribution < -0.4 is 0 Å². The summed E-state index contributed by atoms with van der Waals surface area (Å²) in [6.07, 6.45) is 12.6. The van der Waals surface area contributed by atoms with Crippen molar-refractivity contribution in [1.29, 1.82) is 0 Å². The molecule has 2 heteroatoms. The molecule has 0 aromatic heterocycles. The topological polar surface area (TPSA) is 15.6 Å². The van der Waals surface area contributed by atoms with E-state index in [9.17, 15) is 0 Å². The Kier molecular flexibility index (Phi) is 6.58. The lowest BCUT2D eigenvalue weighted by Gasteiger charge is -2.22. The highest BCUT2D eigenvalue weighted by atomic mass is 15.1. The molecule has 25 heavy (non-hydrogen) atoms. The first-order valence-electron chi connectivity index (χ1n) is 8.98. The van der Waals surface area contributed by atoms with Gasteiger partial charge in [0.05, 0.1) is 0 Å². The number of aryl methyl sites for hydroxylation is 1. The molecule has 2 rings (SSSR count). The Hall–Kier alpha value is -2.35. The highest BCUT2D eigenvalue weighted by Gasteiger charge is 2.10. The van der Waals surface area contributed by atoms with E-state index in [-0.39, 0.29) is 0 Å². The average Bonchev–Trinajstić information content (AvgIpc) is 2.56. The highest BCUT2D eigenvalue weighted by molar-refractivity contribution is 5.81. The van der Waals surface area contributed by atoms with E-state index < -0.39 is 0 Å². The molecule has 0 saturated heterocycles. The second kappa shape index (κ2) is 8.66. The van der Waals surface area contributed by atoms with Crippen molar-refractivity contribution >= 4 is 11.8 Å². The zero-order valence-electron chi connectivity index (χ0n) is 16.2. The normalized spacial score (nSPS) is 15.4. The minimum absolute atomic E-state index is 0.693. The number of aliphatic imine (C=N–C) groups is 1. The van der Waals surface area contributed by atoms with Crippen LogP contribution in [-0.2, 0) is 6.42 Å². The predicted molar refractivity (Wildman–Crippen MR) is 111 cm³/mol. The van der Waals surface area contributed by atoms with Crippen molar-refractivity contribution in [2.24, 2.45) is 10.9 Å². The van der Waals surface area contributed by atoms with E-state index >= 15 is 0 Å². The lowest BCUT2D eigenvalue weighted by molar-refractivity contribution is 0.586. The van der Waals surface area contributed by atoms with E-state index in [1.807, 2.05) is 13.3 Å². The number of hydrogen-bond acceptors (Lipinski definition) is 2. The molecule has 0 radical (unpaired) electrons. The van der Waals surface area contributed by atoms with Crippen LogP contribution >= 0.6 is 0 Å². The van der Waals surface area contributed by atoms with E-state index in [0.717, 1.165) is 12.1 Å². The van der Waals surface area contributed by atoms with Gasteiger partial charge >= 0.3 is 0 Å². The van der Waals surface area contributed by atoms with E-state index in [2.05, 4.69) is 86.9 Å². The van der Waals surface area contributed by atoms with Crippen molar-refractivity contribution in [3.05, 3.63) is 77.3 Å². The Morgan fingerprint density at radius 1 is 1.32 bits per heavy atom. The second-order valence-corrected chi connectivity index (χ2v) is 7.15. The molecule has 0 fully saturated rings. The summed E-state index contributed by atoms with van der Waals surface area (Å²) in [7, 11) is 1.82. The molecule has 2 nitrogen and oxygen atoms in total. The van der Waals surface area contributed by atoms with E-state index in [4.69, 9.17) is 0 Å². The molecular weight excluding hydrogens is 304 g/mol. The van der Waals surface area contributed by atoms with Crippen LogP contribution in [0.5, 0.6) is 0 Å². The maximum atomic E-state index is 4.15. The molecular formula is C23H30N2. The van der Waals surface area contributed by atoms with Crippen LogP contribution in [0.1, 0.15) is 50.8 Å². The Bertz CT molecular complexity index is 745. The monoisotopic (exact) mass is 334 g/mol. The van der Waals surface area contributed by atoms with Gasteiger partial charge in [-0.25, -0.2) is 0 Å². The van der Waals surface area contributed by atoms with E-state index in [1.54, 1.807) is 0 Å². The molecule has 0 bridgehead atoms. The third kappa shape index (κ3) is 5.32. The van der Waals surface area contributed by atoms with Crippen molar-refractivity contribution in [3.8, 4) is 0 Å². The minimum Gasteiger partial charge on any atom is -0.324 e. The molecule has 132 valence electrons. The molecule has 0 N–H and O–H groups in total. The standard InChI is InChI=1S/C23H30N2/c1-17(2)7-9-22-14-21(15-24-6)8-10-23(22)19(4)16-25-12-11-18(3)13-20(25)5/h8,10-17H,5,7,9H2,1-4,6H3/b19-16+,24-15?. The van der Waals surface area contributed by atoms with Gasteiger partial charge in [-0.05, 0) is 78.7 Å². The second-order valence-electron chi connectivity index (χ2n) is 7.15. The quantitative estimate of drug-likeness (QED) is 0.585. The van der Waals surface area contributed by atoms with Gasteiger partial charge < -0.3 is 4.90 Å². The fourth-order valence-electron chi connectivity index (χ4n) is 2.96. The minimum atomic E-state index is 0.693. The molecule has 1 heterocycles. The van der Waals surface area contributed by atoms with Crippen molar-refractivity contribution in [3.63, 3.8) is 0 Å². The lowest BCUT2D eigenvalue weighted by atomic mass is 9.93. The number of benzene rings is 1. The third-order valence-corrected chi connectivity index (χ3v) is 4.38. The first kappa shape index (κ1) is 19.0. The van der Waals surface area contributed by atoms with Gasteiger partial charge in [-0.2, -0.15) is 0 Å². The SMILES string of the molecule is C=C1C=C(C)C=CN1/C=C(\C)c1ccc(C=NC)cc1CCC(C)C. The summed E-state index contributed by atoms with van der Waals surface area (Å²) in [6, 6.07) is 6.63. The third-order valence-electron chi connectivity index (χ3n) is 4.38. The molecule has 1 aliphatic rings. The van der Waals surface area contributed by atoms with Crippen LogP contribution in [0.15, 0.2) is 65.6 Å². The fraction of sp³-hybridized carbons (Fsp3) is 0.348. The first-order valence-corrected chi connectivity index (χ1v) is 8.98. The van der Waals surface area contributed by atoms with Gasteiger partial charge in [0.2, 0.25) is 0 Å². The summed E-state index contributed by atoms with van der Waals surface area (Å²) in [5.41, 5.74) is 7.33. The van der Waals surface area contributed by atoms with E-state index in [1.165, 1.54) is 34.3 Å². The summed E-state index contributed by atoms with van der Waals surface area (Å²) in [6.45, 7) is 13.0. The highest BCUT2D eigenvalue weighted by Crippen LogP contribution is 2.25. The number of allylic oxidation sites excluding steroid dienone is 4. The van der Waals surface area contributed by atoms with Crippen LogP contribution in [0.3, 0.4) is 0 Å². The zero-order valence-corrected chi connectivity index (χ0v) is 16.2. The fourth-order valence-corrected chi connectivity index (χ4v) is 2.96. The van der Waals surface area contributed by atoms with Crippen LogP contribution in [0.4, 0.5) is 0 Å². The summed E-state index contributed by atoms with van der Waals surface area (Å²) < 4.78 is 0. The number of rotatable bonds is 6. The largest absolute Gasteiger partial charge is 0.324 e. The van der Waals surface area contributed by atoms with Gasteiger partial charge in [0.15, 0.2) is 0 Å². The lowest BCUT2D eigenvalue weighted by Crippen LogP contribution is -2.10. The number of hydrogen-bond donors (Lipinski definition) is 0. The Balaban J connectivity index is 2.34. The van der Waals surface area contributed by atoms with Crippen LogP contribution in [0.25, 0.3) is 5.57 Å². The van der Waals surface area contributed by atoms with Crippen LogP contribution in [0, 0.1) is 5.92 Å². The van der Waals surface area contributed by atoms with Gasteiger partial charge in [-0.1, -0.05) is 32.6 Å². The summed E-state index contributed by atoms with van der Waals surface area (Å²) in [5, 5.41) is 0. The van der Waals surface area contributed by atoms with Crippen LogP contribution in [0.2, 0.25) is 0 Å². The number of nitrogens with zero attached hydrogens (tertiary/aromatic N) is 2. The molecule has 0 aliphatic carbocycles. The van der Waals surface area contributed by atoms with Crippen molar-refractivity contribution < 1.29 is 0 Å². The molecule has 0 amide bonds. The van der Waals surface area contributed by atoms with Gasteiger partial charge in [0, 0.05) is 31.4 Å². The maximum absolute atomic E-state index is 4.15. The molecule has 0 spiro atoms. The molecule has 0 unspecified atom stereocenters. The summed E-state index contributed by atoms with van der Waals surface area (Å²) in [4.78, 5) is 6.25. The Morgan fingerprint density at radius 3 is 2.72 bits per heavy atom. The molecule has 0 saturated carbocycles. The van der Waals surface area contributed by atoms with Gasteiger partial charge in [0.1, 0.15) is 0 Å². The smallest absolute Gasteiger partial charge is 0.0380 e. The maximum Gasteiger partial charge on any atom is 0.0380 e. The zero-order chi connectivity index (χ0) is 18.4. The van der Waals surface area contributed by atoms with Gasteiger partial charge in [-0.3, -0.25) is 4.99 Å². The summed E-state index contributed by atoms with van der Waals surface area (Å²) >= 11 is 0. The van der Waals surface area contributed by atoms with E-state index in [0.29, 0.717) is 5.92 Å². The Morgan fingerprint density at radius 2 is 2.08 bits per heavy atom. The van der Waals surface area contributed by atoms with Gasteiger partial charge in [-0.15, -0.1) is 0 Å².